The monoisotopic (exact) mass is 258 g/mol. The van der Waals surface area contributed by atoms with Gasteiger partial charge in [-0.2, -0.15) is 0 Å². The first-order chi connectivity index (χ1) is 9.29. The van der Waals surface area contributed by atoms with Crippen LogP contribution in [-0.2, 0) is 0 Å². The van der Waals surface area contributed by atoms with Crippen LogP contribution in [0.4, 0.5) is 0 Å². The average molecular weight is 258 g/mol. The molecular weight excluding hydrogens is 236 g/mol. The Balaban J connectivity index is 1.86. The van der Waals surface area contributed by atoms with Crippen LogP contribution in [0.5, 0.6) is 5.75 Å². The molecule has 2 N–H and O–H groups in total. The van der Waals surface area contributed by atoms with E-state index >= 15 is 0 Å². The van der Waals surface area contributed by atoms with Crippen LogP contribution in [0.15, 0.2) is 18.2 Å². The molecule has 0 saturated carbocycles. The fraction of sp³-hybridized carbons (Fsp3) is 0.500. The molecule has 0 radical (unpaired) electrons. The maximum absolute atomic E-state index is 5.84. The van der Waals surface area contributed by atoms with Gasteiger partial charge in [0, 0.05) is 12.1 Å². The molecule has 102 valence electrons. The number of nitrogens with two attached hydrogens (primary N) is 1. The summed E-state index contributed by atoms with van der Waals surface area (Å²) in [6, 6.07) is 6.04. The maximum Gasteiger partial charge on any atom is 0.122 e. The van der Waals surface area contributed by atoms with Crippen molar-refractivity contribution in [3.05, 3.63) is 29.3 Å². The molecule has 1 fully saturated rings. The third-order valence-electron chi connectivity index (χ3n) is 3.37. The quantitative estimate of drug-likeness (QED) is 0.837. The Morgan fingerprint density at radius 2 is 2.11 bits per heavy atom. The Labute approximate surface area is 115 Å². The van der Waals surface area contributed by atoms with Gasteiger partial charge in [-0.05, 0) is 56.6 Å². The zero-order chi connectivity index (χ0) is 13.5. The van der Waals surface area contributed by atoms with Crippen LogP contribution in [0, 0.1) is 18.8 Å². The molecule has 1 aromatic rings. The van der Waals surface area contributed by atoms with Crippen molar-refractivity contribution in [3.8, 4) is 17.6 Å². The molecule has 19 heavy (non-hydrogen) atoms. The second kappa shape index (κ2) is 7.18. The maximum atomic E-state index is 5.84. The highest BCUT2D eigenvalue weighted by atomic mass is 16.5. The number of ether oxygens (including phenoxy) is 1. The second-order valence-corrected chi connectivity index (χ2v) is 4.88. The highest BCUT2D eigenvalue weighted by molar-refractivity contribution is 5.43. The molecule has 0 aromatic heterocycles. The summed E-state index contributed by atoms with van der Waals surface area (Å²) in [6.07, 6.45) is 2.65. The van der Waals surface area contributed by atoms with Gasteiger partial charge in [0.05, 0.1) is 6.54 Å². The Hall–Kier alpha value is -1.50. The van der Waals surface area contributed by atoms with Gasteiger partial charge in [-0.1, -0.05) is 11.8 Å². The average Bonchev–Trinajstić information content (AvgIpc) is 2.92. The van der Waals surface area contributed by atoms with E-state index < -0.39 is 0 Å². The van der Waals surface area contributed by atoms with E-state index in [0.29, 0.717) is 6.54 Å². The largest absolute Gasteiger partial charge is 0.492 e. The van der Waals surface area contributed by atoms with E-state index in [1.165, 1.54) is 25.9 Å². The lowest BCUT2D eigenvalue weighted by Crippen LogP contribution is -2.25. The van der Waals surface area contributed by atoms with Gasteiger partial charge in [0.25, 0.3) is 0 Å². The highest BCUT2D eigenvalue weighted by Crippen LogP contribution is 2.19. The van der Waals surface area contributed by atoms with Crippen LogP contribution in [0.3, 0.4) is 0 Å². The molecule has 0 bridgehead atoms. The molecule has 0 amide bonds. The van der Waals surface area contributed by atoms with Crippen LogP contribution in [0.1, 0.15) is 24.0 Å². The first-order valence-corrected chi connectivity index (χ1v) is 6.94. The van der Waals surface area contributed by atoms with Crippen LogP contribution in [0.25, 0.3) is 0 Å². The van der Waals surface area contributed by atoms with Crippen molar-refractivity contribution in [2.24, 2.45) is 5.73 Å². The minimum Gasteiger partial charge on any atom is -0.492 e. The van der Waals surface area contributed by atoms with E-state index in [2.05, 4.69) is 23.7 Å². The topological polar surface area (TPSA) is 38.5 Å². The van der Waals surface area contributed by atoms with Crippen LogP contribution < -0.4 is 10.5 Å². The number of hydrogen-bond acceptors (Lipinski definition) is 3. The molecule has 2 rings (SSSR count). The summed E-state index contributed by atoms with van der Waals surface area (Å²) in [6.45, 7) is 6.67. The van der Waals surface area contributed by atoms with E-state index in [-0.39, 0.29) is 0 Å². The van der Waals surface area contributed by atoms with Gasteiger partial charge in [-0.3, -0.25) is 4.90 Å². The molecule has 1 aromatic carbocycles. The lowest BCUT2D eigenvalue weighted by molar-refractivity contribution is 0.237. The minimum absolute atomic E-state index is 0.396. The van der Waals surface area contributed by atoms with E-state index in [1.807, 2.05) is 18.2 Å². The summed E-state index contributed by atoms with van der Waals surface area (Å²) in [5.74, 6) is 6.85. The molecule has 3 nitrogen and oxygen atoms in total. The molecule has 0 atom stereocenters. The van der Waals surface area contributed by atoms with E-state index in [4.69, 9.17) is 10.5 Å². The predicted octanol–water partition coefficient (Wildman–Crippen LogP) is 1.78. The molecule has 0 aliphatic carbocycles. The minimum atomic E-state index is 0.396. The lowest BCUT2D eigenvalue weighted by Gasteiger charge is -2.15. The number of nitrogens with zero attached hydrogens (tertiary/aromatic N) is 1. The summed E-state index contributed by atoms with van der Waals surface area (Å²) >= 11 is 0. The predicted molar refractivity (Wildman–Crippen MR) is 78.3 cm³/mol. The summed E-state index contributed by atoms with van der Waals surface area (Å²) in [7, 11) is 0. The SMILES string of the molecule is Cc1cc(C#CCN)ccc1OCCN1CCCC1. The molecule has 0 unspecified atom stereocenters. The number of rotatable bonds is 4. The Morgan fingerprint density at radius 3 is 2.79 bits per heavy atom. The van der Waals surface area contributed by atoms with Gasteiger partial charge < -0.3 is 10.5 Å². The third kappa shape index (κ3) is 4.27. The molecule has 1 aliphatic heterocycles. The van der Waals surface area contributed by atoms with Gasteiger partial charge in [0.1, 0.15) is 12.4 Å². The molecular formula is C16H22N2O. The van der Waals surface area contributed by atoms with E-state index in [1.54, 1.807) is 0 Å². The van der Waals surface area contributed by atoms with Crippen molar-refractivity contribution >= 4 is 0 Å². The van der Waals surface area contributed by atoms with Gasteiger partial charge in [-0.25, -0.2) is 0 Å². The molecule has 1 heterocycles. The number of benzene rings is 1. The van der Waals surface area contributed by atoms with Gasteiger partial charge in [0.15, 0.2) is 0 Å². The molecule has 1 aliphatic rings. The van der Waals surface area contributed by atoms with Crippen molar-refractivity contribution < 1.29 is 4.74 Å². The van der Waals surface area contributed by atoms with Crippen LogP contribution >= 0.6 is 0 Å². The fourth-order valence-corrected chi connectivity index (χ4v) is 2.33. The van der Waals surface area contributed by atoms with Gasteiger partial charge in [0.2, 0.25) is 0 Å². The third-order valence-corrected chi connectivity index (χ3v) is 3.37. The lowest BCUT2D eigenvalue weighted by atomic mass is 10.1. The van der Waals surface area contributed by atoms with Crippen molar-refractivity contribution in [2.75, 3.05) is 32.8 Å². The zero-order valence-electron chi connectivity index (χ0n) is 11.6. The van der Waals surface area contributed by atoms with Crippen molar-refractivity contribution in [1.29, 1.82) is 0 Å². The van der Waals surface area contributed by atoms with Gasteiger partial charge in [-0.15, -0.1) is 0 Å². The Kier molecular flexibility index (Phi) is 5.26. The second-order valence-electron chi connectivity index (χ2n) is 4.88. The highest BCUT2D eigenvalue weighted by Gasteiger charge is 2.11. The van der Waals surface area contributed by atoms with E-state index in [9.17, 15) is 0 Å². The summed E-state index contributed by atoms with van der Waals surface area (Å²) in [4.78, 5) is 2.45. The number of hydrogen-bond donors (Lipinski definition) is 1. The normalized spacial score (nSPS) is 15.1. The first-order valence-electron chi connectivity index (χ1n) is 6.94. The van der Waals surface area contributed by atoms with Crippen molar-refractivity contribution in [1.82, 2.24) is 4.90 Å². The molecule has 0 spiro atoms. The van der Waals surface area contributed by atoms with Crippen LogP contribution in [0.2, 0.25) is 0 Å². The van der Waals surface area contributed by atoms with Gasteiger partial charge >= 0.3 is 0 Å². The summed E-state index contributed by atoms with van der Waals surface area (Å²) in [5, 5.41) is 0. The zero-order valence-corrected chi connectivity index (χ0v) is 11.6. The van der Waals surface area contributed by atoms with Crippen LogP contribution in [-0.4, -0.2) is 37.7 Å². The van der Waals surface area contributed by atoms with E-state index in [0.717, 1.165) is 30.0 Å². The Bertz CT molecular complexity index is 467. The molecule has 3 heteroatoms. The van der Waals surface area contributed by atoms with Crippen molar-refractivity contribution in [3.63, 3.8) is 0 Å². The molecule has 1 saturated heterocycles. The number of aryl methyl sites for hydroxylation is 1. The standard InChI is InChI=1S/C16H22N2O/c1-14-13-15(5-4-8-17)6-7-16(14)19-12-11-18-9-2-3-10-18/h6-7,13H,2-3,8-12,17H2,1H3. The first kappa shape index (κ1) is 13.9. The summed E-state index contributed by atoms with van der Waals surface area (Å²) < 4.78 is 5.84. The Morgan fingerprint density at radius 1 is 1.32 bits per heavy atom. The number of likely N-dealkylation sites (tertiary alicyclic amines) is 1. The smallest absolute Gasteiger partial charge is 0.122 e. The fourth-order valence-electron chi connectivity index (χ4n) is 2.33. The summed E-state index contributed by atoms with van der Waals surface area (Å²) in [5.41, 5.74) is 7.49. The van der Waals surface area contributed by atoms with Crippen molar-refractivity contribution in [2.45, 2.75) is 19.8 Å².